The number of nitrogens with one attached hydrogen (secondary N) is 1. The largest absolute Gasteiger partial charge is 0.383 e. The second kappa shape index (κ2) is 6.22. The van der Waals surface area contributed by atoms with Gasteiger partial charge in [-0.05, 0) is 41.7 Å². The Bertz CT molecular complexity index is 794. The lowest BCUT2D eigenvalue weighted by molar-refractivity contribution is 0.0513. The lowest BCUT2D eigenvalue weighted by Gasteiger charge is -2.56. The van der Waals surface area contributed by atoms with Crippen molar-refractivity contribution in [2.24, 2.45) is 17.3 Å². The Labute approximate surface area is 151 Å². The molecule has 3 aliphatic rings. The Hall–Kier alpha value is -2.28. The smallest absolute Gasteiger partial charge is 0.0579 e. The van der Waals surface area contributed by atoms with Gasteiger partial charge in [-0.2, -0.15) is 0 Å². The molecule has 0 amide bonds. The van der Waals surface area contributed by atoms with Crippen LogP contribution in [0.3, 0.4) is 0 Å². The van der Waals surface area contributed by atoms with E-state index in [0.717, 1.165) is 6.42 Å². The molecule has 4 rings (SSSR count). The summed E-state index contributed by atoms with van der Waals surface area (Å²) in [6, 6.07) is 9.27. The quantitative estimate of drug-likeness (QED) is 0.683. The molecular formula is C24H27N. The van der Waals surface area contributed by atoms with Crippen LogP contribution in [-0.2, 0) is 0 Å². The highest BCUT2D eigenvalue weighted by molar-refractivity contribution is 5.46. The molecule has 0 aromatic heterocycles. The number of hydrogen-bond acceptors (Lipinski definition) is 1. The highest BCUT2D eigenvalue weighted by atomic mass is 14.9. The summed E-state index contributed by atoms with van der Waals surface area (Å²) in [6.45, 7) is 9.14. The number of hydrogen-bond donors (Lipinski definition) is 1. The Balaban J connectivity index is 1.99. The van der Waals surface area contributed by atoms with Gasteiger partial charge in [-0.3, -0.25) is 0 Å². The van der Waals surface area contributed by atoms with Gasteiger partial charge in [0.1, 0.15) is 0 Å². The molecule has 128 valence electrons. The van der Waals surface area contributed by atoms with Crippen LogP contribution in [-0.4, -0.2) is 0 Å². The van der Waals surface area contributed by atoms with E-state index in [-0.39, 0.29) is 11.5 Å². The lowest BCUT2D eigenvalue weighted by atomic mass is 9.50. The third-order valence-electron chi connectivity index (χ3n) is 6.71. The summed E-state index contributed by atoms with van der Waals surface area (Å²) in [5.41, 5.74) is 4.22. The Kier molecular flexibility index (Phi) is 4.03. The molecule has 0 saturated heterocycles. The van der Waals surface area contributed by atoms with Crippen LogP contribution >= 0.6 is 0 Å². The van der Waals surface area contributed by atoms with Crippen molar-refractivity contribution in [3.05, 3.63) is 96.3 Å². The Morgan fingerprint density at radius 1 is 1.04 bits per heavy atom. The molecule has 1 heteroatoms. The minimum Gasteiger partial charge on any atom is -0.383 e. The van der Waals surface area contributed by atoms with E-state index in [9.17, 15) is 0 Å². The number of fused-ring (bicyclic) bond motifs is 6. The van der Waals surface area contributed by atoms with Crippen LogP contribution < -0.4 is 5.32 Å². The first-order chi connectivity index (χ1) is 12.2. The molecule has 0 saturated carbocycles. The Morgan fingerprint density at radius 3 is 2.60 bits per heavy atom. The fraction of sp³-hybridized carbons (Fsp3) is 0.333. The van der Waals surface area contributed by atoms with E-state index in [1.54, 1.807) is 0 Å². The van der Waals surface area contributed by atoms with Crippen LogP contribution in [0.15, 0.2) is 85.1 Å². The summed E-state index contributed by atoms with van der Waals surface area (Å²) >= 11 is 0. The van der Waals surface area contributed by atoms with Crippen molar-refractivity contribution < 1.29 is 0 Å². The summed E-state index contributed by atoms with van der Waals surface area (Å²) in [5.74, 6) is 1.31. The van der Waals surface area contributed by atoms with Gasteiger partial charge < -0.3 is 5.32 Å². The summed E-state index contributed by atoms with van der Waals surface area (Å²) in [4.78, 5) is 0. The molecule has 0 spiro atoms. The van der Waals surface area contributed by atoms with Crippen molar-refractivity contribution in [1.29, 1.82) is 0 Å². The maximum absolute atomic E-state index is 4.43. The maximum Gasteiger partial charge on any atom is 0.0579 e. The van der Waals surface area contributed by atoms with Gasteiger partial charge in [0.2, 0.25) is 0 Å². The van der Waals surface area contributed by atoms with Crippen LogP contribution in [0.25, 0.3) is 0 Å². The van der Waals surface area contributed by atoms with E-state index in [1.807, 2.05) is 0 Å². The van der Waals surface area contributed by atoms with Crippen molar-refractivity contribution in [3.8, 4) is 0 Å². The first kappa shape index (κ1) is 16.2. The van der Waals surface area contributed by atoms with Gasteiger partial charge in [0.05, 0.1) is 6.04 Å². The Morgan fingerprint density at radius 2 is 1.80 bits per heavy atom. The van der Waals surface area contributed by atoms with E-state index in [2.05, 4.69) is 98.7 Å². The van der Waals surface area contributed by atoms with Crippen LogP contribution in [0, 0.1) is 17.3 Å². The molecule has 0 radical (unpaired) electrons. The fourth-order valence-corrected chi connectivity index (χ4v) is 5.38. The van der Waals surface area contributed by atoms with E-state index < -0.39 is 0 Å². The third kappa shape index (κ3) is 2.29. The normalized spacial score (nSPS) is 38.2. The van der Waals surface area contributed by atoms with E-state index >= 15 is 0 Å². The maximum atomic E-state index is 4.43. The highest BCUT2D eigenvalue weighted by Gasteiger charge is 2.54. The minimum atomic E-state index is 0.0936. The van der Waals surface area contributed by atoms with Crippen molar-refractivity contribution in [1.82, 2.24) is 5.32 Å². The minimum absolute atomic E-state index is 0.0936. The molecule has 2 aliphatic carbocycles. The summed E-state index contributed by atoms with van der Waals surface area (Å²) in [5, 5.41) is 3.76. The summed E-state index contributed by atoms with van der Waals surface area (Å²) in [7, 11) is 0. The molecule has 1 aromatic rings. The molecule has 1 aromatic carbocycles. The number of allylic oxidation sites excluding steroid dienone is 8. The van der Waals surface area contributed by atoms with Crippen LogP contribution in [0.2, 0.25) is 0 Å². The van der Waals surface area contributed by atoms with Gasteiger partial charge in [0.15, 0.2) is 0 Å². The number of rotatable bonds is 1. The molecule has 5 atom stereocenters. The van der Waals surface area contributed by atoms with Crippen LogP contribution in [0.1, 0.15) is 43.4 Å². The molecular weight excluding hydrogens is 302 g/mol. The van der Waals surface area contributed by atoms with Gasteiger partial charge in [0.25, 0.3) is 0 Å². The SMILES string of the molecule is C=C1/C=C\C=C/NC2c3ccccc3C3C=CC=C[C@@H]3C2(CC)[C@H]1C. The van der Waals surface area contributed by atoms with Crippen molar-refractivity contribution >= 4 is 0 Å². The topological polar surface area (TPSA) is 12.0 Å². The van der Waals surface area contributed by atoms with Crippen molar-refractivity contribution in [2.75, 3.05) is 0 Å². The summed E-state index contributed by atoms with van der Waals surface area (Å²) in [6.07, 6.45) is 18.9. The lowest BCUT2D eigenvalue weighted by Crippen LogP contribution is -2.51. The summed E-state index contributed by atoms with van der Waals surface area (Å²) < 4.78 is 0. The predicted octanol–water partition coefficient (Wildman–Crippen LogP) is 5.83. The molecule has 1 nitrogen and oxygen atoms in total. The van der Waals surface area contributed by atoms with E-state index in [1.165, 1.54) is 16.7 Å². The average Bonchev–Trinajstić information content (AvgIpc) is 2.72. The first-order valence-corrected chi connectivity index (χ1v) is 9.42. The van der Waals surface area contributed by atoms with Crippen molar-refractivity contribution in [2.45, 2.75) is 32.2 Å². The molecule has 25 heavy (non-hydrogen) atoms. The van der Waals surface area contributed by atoms with E-state index in [4.69, 9.17) is 0 Å². The second-order valence-corrected chi connectivity index (χ2v) is 7.53. The predicted molar refractivity (Wildman–Crippen MR) is 106 cm³/mol. The zero-order valence-electron chi connectivity index (χ0n) is 15.2. The first-order valence-electron chi connectivity index (χ1n) is 9.42. The van der Waals surface area contributed by atoms with Gasteiger partial charge in [-0.1, -0.05) is 86.7 Å². The number of benzene rings is 1. The highest BCUT2D eigenvalue weighted by Crippen LogP contribution is 2.61. The molecule has 3 unspecified atom stereocenters. The molecule has 1 heterocycles. The van der Waals surface area contributed by atoms with E-state index in [0.29, 0.717) is 17.8 Å². The molecule has 0 bridgehead atoms. The monoisotopic (exact) mass is 329 g/mol. The molecule has 1 N–H and O–H groups in total. The van der Waals surface area contributed by atoms with Gasteiger partial charge in [-0.15, -0.1) is 0 Å². The van der Waals surface area contributed by atoms with Gasteiger partial charge in [-0.25, -0.2) is 0 Å². The zero-order chi connectivity index (χ0) is 17.4. The second-order valence-electron chi connectivity index (χ2n) is 7.53. The average molecular weight is 329 g/mol. The van der Waals surface area contributed by atoms with Crippen molar-refractivity contribution in [3.63, 3.8) is 0 Å². The van der Waals surface area contributed by atoms with Crippen LogP contribution in [0.5, 0.6) is 0 Å². The van der Waals surface area contributed by atoms with Gasteiger partial charge in [0, 0.05) is 11.3 Å². The molecule has 1 aliphatic heterocycles. The molecule has 0 fully saturated rings. The van der Waals surface area contributed by atoms with Gasteiger partial charge >= 0.3 is 0 Å². The standard InChI is InChI=1S/C24H27N/c1-4-24-18(3)17(2)11-9-10-16-25-23(24)21-14-6-5-12-19(21)20-13-7-8-15-22(20)24/h5-16,18,20,22-23,25H,2,4H2,1,3H3/b11-9-,16-10-/t18-,20?,22-,23?,24?/m0/s1. The fourth-order valence-electron chi connectivity index (χ4n) is 5.38. The third-order valence-corrected chi connectivity index (χ3v) is 6.71. The zero-order valence-corrected chi connectivity index (χ0v) is 15.2. The van der Waals surface area contributed by atoms with Crippen LogP contribution in [0.4, 0.5) is 0 Å².